The molecule has 2 bridgehead atoms. The topological polar surface area (TPSA) is 49.8 Å². The molecule has 1 N–H and O–H groups in total. The first-order chi connectivity index (χ1) is 8.32. The zero-order valence-electron chi connectivity index (χ0n) is 11.9. The Morgan fingerprint density at radius 1 is 1.39 bits per heavy atom. The fourth-order valence-electron chi connectivity index (χ4n) is 3.46. The molecule has 4 heteroatoms. The van der Waals surface area contributed by atoms with Crippen LogP contribution < -0.4 is 0 Å². The van der Waals surface area contributed by atoms with Gasteiger partial charge >= 0.3 is 5.97 Å². The van der Waals surface area contributed by atoms with Gasteiger partial charge in [0.2, 0.25) is 0 Å². The summed E-state index contributed by atoms with van der Waals surface area (Å²) < 4.78 is 5.13. The lowest BCUT2D eigenvalue weighted by molar-refractivity contribution is -0.180. The summed E-state index contributed by atoms with van der Waals surface area (Å²) in [5, 5.41) is 11.0. The van der Waals surface area contributed by atoms with E-state index in [0.717, 1.165) is 12.8 Å². The molecule has 2 unspecified atom stereocenters. The SMILES string of the molecule is CCOC(=O)C(C)(C)C1(O)CC2CCC(C1)N2C. The van der Waals surface area contributed by atoms with Crippen molar-refractivity contribution in [2.45, 2.75) is 64.1 Å². The molecule has 0 spiro atoms. The number of aliphatic hydroxyl groups is 1. The largest absolute Gasteiger partial charge is 0.465 e. The van der Waals surface area contributed by atoms with Crippen molar-refractivity contribution in [3.05, 3.63) is 0 Å². The van der Waals surface area contributed by atoms with Gasteiger partial charge in [-0.2, -0.15) is 0 Å². The maximum Gasteiger partial charge on any atom is 0.314 e. The lowest BCUT2D eigenvalue weighted by Gasteiger charge is -2.48. The van der Waals surface area contributed by atoms with E-state index in [1.54, 1.807) is 6.92 Å². The second-order valence-electron chi connectivity index (χ2n) is 6.34. The van der Waals surface area contributed by atoms with Crippen LogP contribution in [0.3, 0.4) is 0 Å². The number of fused-ring (bicyclic) bond motifs is 2. The molecule has 2 aliphatic rings. The number of ether oxygens (including phenoxy) is 1. The van der Waals surface area contributed by atoms with Crippen LogP contribution in [0.5, 0.6) is 0 Å². The molecular formula is C14H25NO3. The van der Waals surface area contributed by atoms with Crippen LogP contribution in [0.1, 0.15) is 46.5 Å². The van der Waals surface area contributed by atoms with Crippen LogP contribution in [-0.4, -0.2) is 47.3 Å². The van der Waals surface area contributed by atoms with E-state index in [1.165, 1.54) is 0 Å². The van der Waals surface area contributed by atoms with Gasteiger partial charge in [-0.15, -0.1) is 0 Å². The molecule has 0 amide bonds. The van der Waals surface area contributed by atoms with Crippen LogP contribution in [0.4, 0.5) is 0 Å². The molecule has 0 aromatic heterocycles. The molecule has 0 aromatic carbocycles. The zero-order valence-corrected chi connectivity index (χ0v) is 11.9. The van der Waals surface area contributed by atoms with Gasteiger partial charge in [-0.1, -0.05) is 0 Å². The molecule has 18 heavy (non-hydrogen) atoms. The molecule has 2 heterocycles. The number of carbonyl (C=O) groups is 1. The summed E-state index contributed by atoms with van der Waals surface area (Å²) >= 11 is 0. The van der Waals surface area contributed by atoms with Crippen molar-refractivity contribution in [1.82, 2.24) is 4.90 Å². The van der Waals surface area contributed by atoms with Gasteiger partial charge in [-0.05, 0) is 53.5 Å². The molecule has 2 atom stereocenters. The average molecular weight is 255 g/mol. The van der Waals surface area contributed by atoms with E-state index in [0.29, 0.717) is 31.5 Å². The van der Waals surface area contributed by atoms with Gasteiger partial charge in [0.05, 0.1) is 17.6 Å². The molecule has 2 fully saturated rings. The first kappa shape index (κ1) is 13.8. The fraction of sp³-hybridized carbons (Fsp3) is 0.929. The van der Waals surface area contributed by atoms with Gasteiger partial charge in [-0.3, -0.25) is 4.79 Å². The third-order valence-corrected chi connectivity index (χ3v) is 5.08. The Balaban J connectivity index is 2.19. The standard InChI is InChI=1S/C14H25NO3/c1-5-18-12(16)13(2,3)14(17)8-10-6-7-11(9-14)15(10)4/h10-11,17H,5-9H2,1-4H3. The predicted molar refractivity (Wildman–Crippen MR) is 69.2 cm³/mol. The Bertz CT molecular complexity index is 326. The number of rotatable bonds is 3. The average Bonchev–Trinajstić information content (AvgIpc) is 2.52. The van der Waals surface area contributed by atoms with Crippen LogP contribution >= 0.6 is 0 Å². The second-order valence-corrected chi connectivity index (χ2v) is 6.34. The monoisotopic (exact) mass is 255 g/mol. The number of hydrogen-bond acceptors (Lipinski definition) is 4. The molecular weight excluding hydrogens is 230 g/mol. The molecule has 2 saturated heterocycles. The fourth-order valence-corrected chi connectivity index (χ4v) is 3.46. The van der Waals surface area contributed by atoms with Crippen LogP contribution in [0.15, 0.2) is 0 Å². The third-order valence-electron chi connectivity index (χ3n) is 5.08. The second kappa shape index (κ2) is 4.49. The highest BCUT2D eigenvalue weighted by Crippen LogP contribution is 2.48. The summed E-state index contributed by atoms with van der Waals surface area (Å²) in [5.41, 5.74) is -1.76. The highest BCUT2D eigenvalue weighted by molar-refractivity contribution is 5.77. The maximum atomic E-state index is 12.1. The lowest BCUT2D eigenvalue weighted by Crippen LogP contribution is -2.59. The Morgan fingerprint density at radius 2 is 1.89 bits per heavy atom. The highest BCUT2D eigenvalue weighted by atomic mass is 16.5. The molecule has 0 aliphatic carbocycles. The van der Waals surface area contributed by atoms with E-state index in [-0.39, 0.29) is 5.97 Å². The number of hydrogen-bond donors (Lipinski definition) is 1. The minimum absolute atomic E-state index is 0.281. The molecule has 2 aliphatic heterocycles. The summed E-state index contributed by atoms with van der Waals surface area (Å²) in [4.78, 5) is 14.4. The first-order valence-electron chi connectivity index (χ1n) is 6.93. The molecule has 4 nitrogen and oxygen atoms in total. The Hall–Kier alpha value is -0.610. The highest BCUT2D eigenvalue weighted by Gasteiger charge is 2.56. The maximum absolute atomic E-state index is 12.1. The van der Waals surface area contributed by atoms with Crippen molar-refractivity contribution in [3.63, 3.8) is 0 Å². The quantitative estimate of drug-likeness (QED) is 0.778. The summed E-state index contributed by atoms with van der Waals surface area (Å²) in [5.74, 6) is -0.281. The minimum Gasteiger partial charge on any atom is -0.465 e. The normalized spacial score (nSPS) is 36.7. The number of esters is 1. The van der Waals surface area contributed by atoms with Gasteiger partial charge in [0.1, 0.15) is 0 Å². The van der Waals surface area contributed by atoms with E-state index < -0.39 is 11.0 Å². The predicted octanol–water partition coefficient (Wildman–Crippen LogP) is 1.56. The smallest absolute Gasteiger partial charge is 0.314 e. The number of carbonyl (C=O) groups excluding carboxylic acids is 1. The Kier molecular flexibility index (Phi) is 3.45. The Morgan fingerprint density at radius 3 is 2.33 bits per heavy atom. The van der Waals surface area contributed by atoms with Gasteiger partial charge in [0.15, 0.2) is 0 Å². The molecule has 0 radical (unpaired) electrons. The van der Waals surface area contributed by atoms with Crippen LogP contribution in [0.2, 0.25) is 0 Å². The number of nitrogens with zero attached hydrogens (tertiary/aromatic N) is 1. The van der Waals surface area contributed by atoms with Gasteiger partial charge in [0.25, 0.3) is 0 Å². The zero-order chi connectivity index (χ0) is 13.6. The van der Waals surface area contributed by atoms with Crippen molar-refractivity contribution < 1.29 is 14.6 Å². The van der Waals surface area contributed by atoms with Crippen molar-refractivity contribution in [2.24, 2.45) is 5.41 Å². The van der Waals surface area contributed by atoms with Crippen molar-refractivity contribution in [2.75, 3.05) is 13.7 Å². The lowest BCUT2D eigenvalue weighted by atomic mass is 9.67. The van der Waals surface area contributed by atoms with E-state index >= 15 is 0 Å². The van der Waals surface area contributed by atoms with Gasteiger partial charge < -0.3 is 14.7 Å². The first-order valence-corrected chi connectivity index (χ1v) is 6.93. The van der Waals surface area contributed by atoms with Crippen molar-refractivity contribution in [1.29, 1.82) is 0 Å². The minimum atomic E-state index is -0.933. The van der Waals surface area contributed by atoms with Crippen LogP contribution in [0, 0.1) is 5.41 Å². The van der Waals surface area contributed by atoms with E-state index in [2.05, 4.69) is 11.9 Å². The summed E-state index contributed by atoms with van der Waals surface area (Å²) in [6, 6.07) is 0.810. The summed E-state index contributed by atoms with van der Waals surface area (Å²) in [6.45, 7) is 5.80. The third kappa shape index (κ3) is 1.95. The summed E-state index contributed by atoms with van der Waals surface area (Å²) in [6.07, 6.45) is 3.60. The van der Waals surface area contributed by atoms with E-state index in [9.17, 15) is 9.90 Å². The van der Waals surface area contributed by atoms with Crippen molar-refractivity contribution >= 4 is 5.97 Å². The molecule has 104 valence electrons. The van der Waals surface area contributed by atoms with E-state index in [1.807, 2.05) is 13.8 Å². The van der Waals surface area contributed by atoms with Crippen LogP contribution in [0.25, 0.3) is 0 Å². The Labute approximate surface area is 109 Å². The molecule has 0 saturated carbocycles. The van der Waals surface area contributed by atoms with Gasteiger partial charge in [0, 0.05) is 12.1 Å². The summed E-state index contributed by atoms with van der Waals surface area (Å²) in [7, 11) is 2.12. The molecule has 0 aromatic rings. The van der Waals surface area contributed by atoms with Gasteiger partial charge in [-0.25, -0.2) is 0 Å². The van der Waals surface area contributed by atoms with Crippen molar-refractivity contribution in [3.8, 4) is 0 Å². The number of piperidine rings is 1. The van der Waals surface area contributed by atoms with E-state index in [4.69, 9.17) is 4.74 Å². The molecule has 2 rings (SSSR count). The van der Waals surface area contributed by atoms with Crippen LogP contribution in [-0.2, 0) is 9.53 Å².